The van der Waals surface area contributed by atoms with E-state index in [1.165, 1.54) is 7.11 Å². The number of benzene rings is 4. The fourth-order valence-corrected chi connectivity index (χ4v) is 5.04. The predicted molar refractivity (Wildman–Crippen MR) is 171 cm³/mol. The Balaban J connectivity index is 1.53. The molecule has 1 aliphatic rings. The second kappa shape index (κ2) is 17.6. The van der Waals surface area contributed by atoms with Crippen LogP contribution in [0, 0.1) is 0 Å². The number of carbonyl (C=O) groups excluding carboxylic acids is 1. The highest BCUT2D eigenvalue weighted by Gasteiger charge is 2.48. The van der Waals surface area contributed by atoms with E-state index in [0.717, 1.165) is 0 Å². The summed E-state index contributed by atoms with van der Waals surface area (Å²) in [6, 6.07) is 36.1. The van der Waals surface area contributed by atoms with Crippen LogP contribution < -0.4 is 0 Å². The smallest absolute Gasteiger partial charge is 0.305 e. The van der Waals surface area contributed by atoms with E-state index in [2.05, 4.69) is 0 Å². The molecule has 5 rings (SSSR count). The zero-order chi connectivity index (χ0) is 34.6. The quantitative estimate of drug-likeness (QED) is 0.130. The minimum Gasteiger partial charge on any atom is -0.469 e. The van der Waals surface area contributed by atoms with Gasteiger partial charge in [0.25, 0.3) is 0 Å². The van der Waals surface area contributed by atoms with E-state index in [1.54, 1.807) is 48.5 Å². The predicted octanol–water partition coefficient (Wildman–Crippen LogP) is 6.68. The fourth-order valence-electron chi connectivity index (χ4n) is 5.04. The van der Waals surface area contributed by atoms with E-state index in [0.29, 0.717) is 22.3 Å². The maximum absolute atomic E-state index is 12.4. The van der Waals surface area contributed by atoms with E-state index >= 15 is 0 Å². The van der Waals surface area contributed by atoms with Gasteiger partial charge in [0.1, 0.15) is 24.4 Å². The van der Waals surface area contributed by atoms with Crippen molar-refractivity contribution in [3.05, 3.63) is 144 Å². The number of rotatable bonds is 16. The van der Waals surface area contributed by atoms with E-state index in [9.17, 15) is 4.79 Å². The van der Waals surface area contributed by atoms with Gasteiger partial charge in [0.05, 0.1) is 51.6 Å². The Morgan fingerprint density at radius 2 is 1.00 bits per heavy atom. The maximum atomic E-state index is 12.4. The van der Waals surface area contributed by atoms with Crippen molar-refractivity contribution in [1.82, 2.24) is 0 Å². The van der Waals surface area contributed by atoms with Crippen molar-refractivity contribution in [3.63, 3.8) is 0 Å². The van der Waals surface area contributed by atoms with Crippen LogP contribution in [0.25, 0.3) is 0 Å². The molecule has 7 heteroatoms. The highest BCUT2D eigenvalue weighted by molar-refractivity contribution is 5.69. The lowest BCUT2D eigenvalue weighted by atomic mass is 9.91. The first-order valence-corrected chi connectivity index (χ1v) is 15.0. The first-order chi connectivity index (χ1) is 23.8. The van der Waals surface area contributed by atoms with Gasteiger partial charge in [0.15, 0.2) is 0 Å². The second-order valence-corrected chi connectivity index (χ2v) is 10.6. The van der Waals surface area contributed by atoms with Crippen LogP contribution in [0.4, 0.5) is 0 Å². The summed E-state index contributed by atoms with van der Waals surface area (Å²) in [5.41, 5.74) is 2.40. The van der Waals surface area contributed by atoms with E-state index in [4.69, 9.17) is 33.9 Å². The summed E-state index contributed by atoms with van der Waals surface area (Å²) in [7, 11) is 1.31. The zero-order valence-corrected chi connectivity index (χ0v) is 25.2. The van der Waals surface area contributed by atoms with Gasteiger partial charge < -0.3 is 28.4 Å². The lowest BCUT2D eigenvalue weighted by Crippen LogP contribution is -2.61. The highest BCUT2D eigenvalue weighted by atomic mass is 16.6. The molecule has 1 saturated heterocycles. The molecule has 236 valence electrons. The first-order valence-electron chi connectivity index (χ1n) is 17.3. The van der Waals surface area contributed by atoms with Gasteiger partial charge in [0, 0.05) is 6.42 Å². The Kier molecular flexibility index (Phi) is 10.7. The van der Waals surface area contributed by atoms with E-state index < -0.39 is 62.8 Å². The van der Waals surface area contributed by atoms with Gasteiger partial charge in [0.2, 0.25) is 0 Å². The summed E-state index contributed by atoms with van der Waals surface area (Å²) in [4.78, 5) is 12.4. The summed E-state index contributed by atoms with van der Waals surface area (Å²) in [5.74, 6) is -0.454. The third-order valence-corrected chi connectivity index (χ3v) is 7.35. The Hall–Kier alpha value is -3.85. The number of hydrogen-bond donors (Lipinski definition) is 0. The molecule has 0 amide bonds. The topological polar surface area (TPSA) is 72.5 Å². The normalized spacial score (nSPS) is 25.4. The van der Waals surface area contributed by atoms with Crippen LogP contribution in [-0.4, -0.2) is 50.2 Å². The van der Waals surface area contributed by atoms with Crippen molar-refractivity contribution in [2.24, 2.45) is 0 Å². The summed E-state index contributed by atoms with van der Waals surface area (Å²) < 4.78 is 72.6. The minimum atomic E-state index is -1.20. The van der Waals surface area contributed by atoms with Crippen molar-refractivity contribution in [3.8, 4) is 0 Å². The zero-order valence-electron chi connectivity index (χ0n) is 29.2. The third kappa shape index (κ3) is 10.1. The molecule has 0 bridgehead atoms. The average molecular weight is 615 g/mol. The van der Waals surface area contributed by atoms with Crippen LogP contribution in [0.3, 0.4) is 0 Å². The van der Waals surface area contributed by atoms with Crippen molar-refractivity contribution in [2.75, 3.05) is 13.7 Å². The summed E-state index contributed by atoms with van der Waals surface area (Å²) in [6.07, 6.45) is -4.76. The molecular formula is C38H42O7. The van der Waals surface area contributed by atoms with Crippen molar-refractivity contribution >= 4 is 5.97 Å². The van der Waals surface area contributed by atoms with Crippen LogP contribution in [0.15, 0.2) is 121 Å². The van der Waals surface area contributed by atoms with Gasteiger partial charge >= 0.3 is 5.97 Å². The number of methoxy groups -OCH3 is 1. The lowest BCUT2D eigenvalue weighted by Gasteiger charge is -2.46. The molecule has 45 heavy (non-hydrogen) atoms. The van der Waals surface area contributed by atoms with Crippen molar-refractivity contribution in [1.29, 1.82) is 0 Å². The Labute approximate surface area is 271 Å². The molecule has 0 spiro atoms. The second-order valence-electron chi connectivity index (χ2n) is 10.6. The highest BCUT2D eigenvalue weighted by Crippen LogP contribution is 2.33. The van der Waals surface area contributed by atoms with Gasteiger partial charge in [-0.15, -0.1) is 0 Å². The van der Waals surface area contributed by atoms with Gasteiger partial charge in [-0.2, -0.15) is 0 Å². The van der Waals surface area contributed by atoms with Crippen LogP contribution >= 0.6 is 0 Å². The van der Waals surface area contributed by atoms with Crippen molar-refractivity contribution < 1.29 is 38.7 Å². The van der Waals surface area contributed by atoms with E-state index in [1.807, 2.05) is 72.8 Å². The molecule has 0 aromatic heterocycles. The molecular weight excluding hydrogens is 568 g/mol. The molecule has 1 aliphatic heterocycles. The molecule has 1 heterocycles. The molecule has 1 fully saturated rings. The first kappa shape index (κ1) is 27.5. The lowest BCUT2D eigenvalue weighted by molar-refractivity contribution is -0.273. The van der Waals surface area contributed by atoms with Gasteiger partial charge in [-0.3, -0.25) is 4.79 Å². The van der Waals surface area contributed by atoms with Crippen LogP contribution in [-0.2, 0) is 59.5 Å². The molecule has 7 nitrogen and oxygen atoms in total. The fraction of sp³-hybridized carbons (Fsp3) is 0.342. The standard InChI is InChI=1S/C38H42O7/c1-40-35(39)23-22-33-36(42-25-30-16-8-3-9-17-30)38(44-27-32-20-12-5-13-21-32)37(43-26-31-18-10-4-11-19-31)34(45-33)28-41-24-29-14-6-2-7-15-29/h2-21,33-34,36-38H,22-28H2,1H3/t33?,34-,36+,37-,38-/m1/s1/i24D,25D,26D,27D/t24?,25?,26?,27?,33?,34-,36+,37-,38-. The molecule has 4 aromatic carbocycles. The SMILES string of the molecule is [2H]C(OC[C@H]1OC(CCC(=O)OC)[C@H](OC([2H])c2ccccc2)[C@@H](OC([2H])c2ccccc2)[C@@H]1OC([2H])c1ccccc1)c1ccccc1. The number of carbonyl (C=O) groups is 1. The largest absolute Gasteiger partial charge is 0.469 e. The van der Waals surface area contributed by atoms with Gasteiger partial charge in [-0.1, -0.05) is 121 Å². The number of hydrogen-bond acceptors (Lipinski definition) is 7. The summed E-state index contributed by atoms with van der Waals surface area (Å²) in [5, 5.41) is 0. The minimum absolute atomic E-state index is 0.0139. The summed E-state index contributed by atoms with van der Waals surface area (Å²) in [6.45, 7) is -4.73. The number of ether oxygens (including phenoxy) is 6. The average Bonchev–Trinajstić information content (AvgIpc) is 3.15. The molecule has 9 atom stereocenters. The molecule has 4 aromatic rings. The summed E-state index contributed by atoms with van der Waals surface area (Å²) >= 11 is 0. The Morgan fingerprint density at radius 1 is 0.600 bits per heavy atom. The van der Waals surface area contributed by atoms with Crippen LogP contribution in [0.5, 0.6) is 0 Å². The van der Waals surface area contributed by atoms with Gasteiger partial charge in [-0.05, 0) is 28.7 Å². The molecule has 0 saturated carbocycles. The molecule has 0 aliphatic carbocycles. The monoisotopic (exact) mass is 614 g/mol. The molecule has 5 unspecified atom stereocenters. The Bertz CT molecular complexity index is 1540. The van der Waals surface area contributed by atoms with E-state index in [-0.39, 0.29) is 19.4 Å². The molecule has 0 radical (unpaired) electrons. The van der Waals surface area contributed by atoms with Crippen molar-refractivity contribution in [2.45, 2.75) is 69.7 Å². The Morgan fingerprint density at radius 3 is 1.44 bits per heavy atom. The van der Waals surface area contributed by atoms with Crippen LogP contribution in [0.2, 0.25) is 0 Å². The van der Waals surface area contributed by atoms with Crippen LogP contribution in [0.1, 0.15) is 40.6 Å². The number of esters is 1. The third-order valence-electron chi connectivity index (χ3n) is 7.35. The maximum Gasteiger partial charge on any atom is 0.305 e. The van der Waals surface area contributed by atoms with Gasteiger partial charge in [-0.25, -0.2) is 0 Å². The molecule has 0 N–H and O–H groups in total.